The van der Waals surface area contributed by atoms with Gasteiger partial charge in [-0.3, -0.25) is 9.36 Å². The number of allylic oxidation sites excluding steroid dienone is 1. The molecule has 1 aliphatic carbocycles. The molecule has 0 bridgehead atoms. The zero-order valence-electron chi connectivity index (χ0n) is 18.8. The first-order valence-corrected chi connectivity index (χ1v) is 14.6. The van der Waals surface area contributed by atoms with Crippen LogP contribution in [0.1, 0.15) is 41.0 Å². The lowest BCUT2D eigenvalue weighted by atomic mass is 9.85. The van der Waals surface area contributed by atoms with E-state index in [2.05, 4.69) is 73.6 Å². The maximum atomic E-state index is 13.8. The van der Waals surface area contributed by atoms with Crippen LogP contribution in [-0.4, -0.2) is 11.2 Å². The fourth-order valence-electron chi connectivity index (χ4n) is 4.81. The first kappa shape index (κ1) is 23.2. The molecule has 8 heteroatoms. The van der Waals surface area contributed by atoms with Crippen molar-refractivity contribution in [3.63, 3.8) is 0 Å². The number of fused-ring (bicyclic) bond motifs is 3. The molecule has 0 amide bonds. The van der Waals surface area contributed by atoms with Gasteiger partial charge in [0.05, 0.1) is 31.8 Å². The Morgan fingerprint density at radius 2 is 1.94 bits per heavy atom. The summed E-state index contributed by atoms with van der Waals surface area (Å²) in [5, 5.41) is 2.08. The largest absolute Gasteiger partial charge is 0.492 e. The molecule has 4 nitrogen and oxygen atoms in total. The number of nitrogens with zero attached hydrogens (tertiary/aromatic N) is 2. The van der Waals surface area contributed by atoms with Gasteiger partial charge >= 0.3 is 0 Å². The summed E-state index contributed by atoms with van der Waals surface area (Å²) in [6.07, 6.45) is 3.81. The Balaban J connectivity index is 1.56. The quantitative estimate of drug-likeness (QED) is 0.266. The highest BCUT2D eigenvalue weighted by atomic mass is 79.9. The van der Waals surface area contributed by atoms with Crippen molar-refractivity contribution in [2.45, 2.75) is 25.8 Å². The Bertz CT molecular complexity index is 1640. The summed E-state index contributed by atoms with van der Waals surface area (Å²) in [5.41, 5.74) is 5.69. The standard InChI is InChI=1S/C27H20Br2N2O2S2/c1-2-33-25-19(28)12-15(13-20(25)29)14-22-26(32)31-24(21-8-5-11-34-21)18-10-9-16-6-3-4-7-17(16)23(18)30-27(31)35-22/h3-8,11-14,24H,2,9-10H2,1H3/b22-14+/t24-/m1/s1. The van der Waals surface area contributed by atoms with Gasteiger partial charge < -0.3 is 4.74 Å². The van der Waals surface area contributed by atoms with Crippen molar-refractivity contribution in [3.05, 3.63) is 110 Å². The molecule has 6 rings (SSSR count). The maximum Gasteiger partial charge on any atom is 0.271 e. The number of hydrogen-bond donors (Lipinski definition) is 0. The minimum atomic E-state index is -0.115. The van der Waals surface area contributed by atoms with Gasteiger partial charge in [0.2, 0.25) is 0 Å². The highest BCUT2D eigenvalue weighted by Crippen LogP contribution is 2.42. The number of rotatable bonds is 4. The summed E-state index contributed by atoms with van der Waals surface area (Å²) in [4.78, 5) is 20.8. The second-order valence-corrected chi connectivity index (χ2v) is 12.1. The Kier molecular flexibility index (Phi) is 6.16. The first-order valence-electron chi connectivity index (χ1n) is 11.3. The molecular formula is C27H20Br2N2O2S2. The van der Waals surface area contributed by atoms with Crippen molar-refractivity contribution in [3.8, 4) is 5.75 Å². The lowest BCUT2D eigenvalue weighted by Crippen LogP contribution is -2.38. The summed E-state index contributed by atoms with van der Waals surface area (Å²) in [7, 11) is 0. The first-order chi connectivity index (χ1) is 17.0. The van der Waals surface area contributed by atoms with Gasteiger partial charge in [0, 0.05) is 10.4 Å². The highest BCUT2D eigenvalue weighted by molar-refractivity contribution is 9.11. The third-order valence-corrected chi connectivity index (χ3v) is 9.38. The molecular weight excluding hydrogens is 608 g/mol. The van der Waals surface area contributed by atoms with Crippen LogP contribution in [0.5, 0.6) is 5.75 Å². The van der Waals surface area contributed by atoms with Gasteiger partial charge in [-0.05, 0) is 98.0 Å². The van der Waals surface area contributed by atoms with Crippen LogP contribution in [0.25, 0.3) is 11.8 Å². The number of thiophene rings is 1. The summed E-state index contributed by atoms with van der Waals surface area (Å²) < 4.78 is 9.96. The molecule has 0 fully saturated rings. The second-order valence-electron chi connectivity index (χ2n) is 8.38. The molecule has 2 aliphatic rings. The molecule has 0 unspecified atom stereocenters. The Morgan fingerprint density at radius 3 is 2.69 bits per heavy atom. The van der Waals surface area contributed by atoms with Crippen LogP contribution in [0.3, 0.4) is 0 Å². The lowest BCUT2D eigenvalue weighted by Gasteiger charge is -2.30. The van der Waals surface area contributed by atoms with Crippen LogP contribution in [-0.2, 0) is 6.42 Å². The molecule has 1 atom stereocenters. The lowest BCUT2D eigenvalue weighted by molar-refractivity contribution is 0.336. The molecule has 0 saturated heterocycles. The smallest absolute Gasteiger partial charge is 0.271 e. The van der Waals surface area contributed by atoms with E-state index in [0.717, 1.165) is 43.6 Å². The topological polar surface area (TPSA) is 43.6 Å². The Labute approximate surface area is 227 Å². The van der Waals surface area contributed by atoms with Crippen molar-refractivity contribution >= 4 is 66.3 Å². The summed E-state index contributed by atoms with van der Waals surface area (Å²) in [6, 6.07) is 16.5. The molecule has 176 valence electrons. The van der Waals surface area contributed by atoms with Crippen LogP contribution in [0.2, 0.25) is 0 Å². The molecule has 0 spiro atoms. The van der Waals surface area contributed by atoms with Crippen LogP contribution in [0.4, 0.5) is 0 Å². The summed E-state index contributed by atoms with van der Waals surface area (Å²) in [5.74, 6) is 0.759. The molecule has 0 N–H and O–H groups in total. The fraction of sp³-hybridized carbons (Fsp3) is 0.185. The maximum absolute atomic E-state index is 13.8. The number of halogens is 2. The van der Waals surface area contributed by atoms with E-state index in [-0.39, 0.29) is 11.6 Å². The molecule has 1 aliphatic heterocycles. The average molecular weight is 628 g/mol. The molecule has 4 aromatic rings. The van der Waals surface area contributed by atoms with E-state index in [1.54, 1.807) is 11.3 Å². The average Bonchev–Trinajstić information content (AvgIpc) is 3.49. The van der Waals surface area contributed by atoms with E-state index in [0.29, 0.717) is 11.1 Å². The van der Waals surface area contributed by atoms with Crippen molar-refractivity contribution in [1.29, 1.82) is 0 Å². The normalized spacial score (nSPS) is 17.0. The van der Waals surface area contributed by atoms with E-state index in [4.69, 9.17) is 9.73 Å². The van der Waals surface area contributed by atoms with E-state index in [9.17, 15) is 4.79 Å². The predicted molar refractivity (Wildman–Crippen MR) is 150 cm³/mol. The Morgan fingerprint density at radius 1 is 1.14 bits per heavy atom. The molecule has 3 heterocycles. The number of thiazole rings is 1. The van der Waals surface area contributed by atoms with Gasteiger partial charge in [0.1, 0.15) is 5.75 Å². The summed E-state index contributed by atoms with van der Waals surface area (Å²) >= 11 is 10.3. The molecule has 0 saturated carbocycles. The molecule has 2 aromatic heterocycles. The Hall–Kier alpha value is -2.26. The number of aromatic nitrogens is 1. The monoisotopic (exact) mass is 626 g/mol. The van der Waals surface area contributed by atoms with E-state index in [1.807, 2.05) is 29.7 Å². The number of benzene rings is 2. The summed E-state index contributed by atoms with van der Waals surface area (Å²) in [6.45, 7) is 2.53. The zero-order valence-corrected chi connectivity index (χ0v) is 23.6. The SMILES string of the molecule is CCOc1c(Br)cc(/C=c2/sc3n(c2=O)[C@@H](c2cccs2)C2=C(N=3)c3ccccc3CC2)cc1Br. The van der Waals surface area contributed by atoms with E-state index >= 15 is 0 Å². The van der Waals surface area contributed by atoms with E-state index < -0.39 is 0 Å². The van der Waals surface area contributed by atoms with Crippen molar-refractivity contribution in [2.75, 3.05) is 6.61 Å². The molecule has 35 heavy (non-hydrogen) atoms. The van der Waals surface area contributed by atoms with Gasteiger partial charge in [-0.15, -0.1) is 11.3 Å². The molecule has 0 radical (unpaired) electrons. The zero-order chi connectivity index (χ0) is 24.1. The van der Waals surface area contributed by atoms with Gasteiger partial charge in [-0.25, -0.2) is 4.99 Å². The fourth-order valence-corrected chi connectivity index (χ4v) is 8.11. The number of hydrogen-bond acceptors (Lipinski definition) is 5. The number of ether oxygens (including phenoxy) is 1. The third kappa shape index (κ3) is 4.00. The molecule has 2 aromatic carbocycles. The third-order valence-electron chi connectivity index (χ3n) is 6.29. The minimum absolute atomic E-state index is 0.00121. The van der Waals surface area contributed by atoms with Crippen LogP contribution in [0, 0.1) is 0 Å². The van der Waals surface area contributed by atoms with Crippen LogP contribution >= 0.6 is 54.5 Å². The van der Waals surface area contributed by atoms with Crippen molar-refractivity contribution in [2.24, 2.45) is 4.99 Å². The predicted octanol–water partition coefficient (Wildman–Crippen LogP) is 6.30. The van der Waals surface area contributed by atoms with Gasteiger partial charge in [0.25, 0.3) is 5.56 Å². The van der Waals surface area contributed by atoms with Crippen molar-refractivity contribution < 1.29 is 4.74 Å². The van der Waals surface area contributed by atoms with Gasteiger partial charge in [0.15, 0.2) is 4.80 Å². The van der Waals surface area contributed by atoms with E-state index in [1.165, 1.54) is 32.9 Å². The second kappa shape index (κ2) is 9.32. The van der Waals surface area contributed by atoms with Gasteiger partial charge in [-0.1, -0.05) is 41.7 Å². The minimum Gasteiger partial charge on any atom is -0.492 e. The highest BCUT2D eigenvalue weighted by Gasteiger charge is 2.33. The van der Waals surface area contributed by atoms with Crippen LogP contribution < -0.4 is 19.6 Å². The van der Waals surface area contributed by atoms with Gasteiger partial charge in [-0.2, -0.15) is 0 Å². The number of aryl methyl sites for hydroxylation is 1. The van der Waals surface area contributed by atoms with Crippen molar-refractivity contribution in [1.82, 2.24) is 4.57 Å². The van der Waals surface area contributed by atoms with Crippen LogP contribution in [0.15, 0.2) is 78.2 Å².